The second kappa shape index (κ2) is 1.97. The highest BCUT2D eigenvalue weighted by Gasteiger charge is 1.74. The molecule has 0 aromatic carbocycles. The van der Waals surface area contributed by atoms with Gasteiger partial charge in [0.15, 0.2) is 0 Å². The Labute approximate surface area is 32.5 Å². The van der Waals surface area contributed by atoms with E-state index >= 15 is 0 Å². The van der Waals surface area contributed by atoms with E-state index in [0.717, 1.165) is 0 Å². The van der Waals surface area contributed by atoms with Gasteiger partial charge in [-0.3, -0.25) is 5.73 Å². The molecule has 0 saturated heterocycles. The third-order valence-corrected chi connectivity index (χ3v) is 0.354. The van der Waals surface area contributed by atoms with Crippen LogP contribution in [0.3, 0.4) is 0 Å². The van der Waals surface area contributed by atoms with Crippen LogP contribution in [0.1, 0.15) is 6.92 Å². The summed E-state index contributed by atoms with van der Waals surface area (Å²) in [5.41, 5.74) is 6.71. The lowest BCUT2D eigenvalue weighted by molar-refractivity contribution is 0.894. The van der Waals surface area contributed by atoms with Crippen LogP contribution in [0.25, 0.3) is 0 Å². The summed E-state index contributed by atoms with van der Waals surface area (Å²) in [6, 6.07) is -0.102. The Hall–Kier alpha value is -0.300. The molecule has 0 rings (SSSR count). The minimum absolute atomic E-state index is 0.102. The molecule has 1 radical (unpaired) electrons. The quantitative estimate of drug-likeness (QED) is 0.408. The fourth-order valence-corrected chi connectivity index (χ4v) is 0. The van der Waals surface area contributed by atoms with Gasteiger partial charge in [-0.1, -0.05) is 6.08 Å². The van der Waals surface area contributed by atoms with Crippen molar-refractivity contribution in [2.24, 2.45) is 0 Å². The SMILES string of the molecule is C=CC(C)[NH]. The highest BCUT2D eigenvalue weighted by atomic mass is 14.6. The molecule has 0 amide bonds. The van der Waals surface area contributed by atoms with Crippen LogP contribution < -0.4 is 5.73 Å². The van der Waals surface area contributed by atoms with E-state index < -0.39 is 0 Å². The molecule has 0 aromatic rings. The summed E-state index contributed by atoms with van der Waals surface area (Å²) in [7, 11) is 0. The minimum Gasteiger partial charge on any atom is -0.251 e. The average molecular weight is 70.1 g/mol. The minimum atomic E-state index is -0.102. The number of nitrogens with one attached hydrogen (secondary N) is 1. The van der Waals surface area contributed by atoms with Crippen molar-refractivity contribution in [3.05, 3.63) is 12.7 Å². The molecule has 1 N–H and O–H groups in total. The van der Waals surface area contributed by atoms with Gasteiger partial charge in [0, 0.05) is 6.04 Å². The van der Waals surface area contributed by atoms with Crippen molar-refractivity contribution >= 4 is 0 Å². The molecule has 0 aliphatic rings. The first-order chi connectivity index (χ1) is 2.27. The summed E-state index contributed by atoms with van der Waals surface area (Å²) < 4.78 is 0. The largest absolute Gasteiger partial charge is 0.251 e. The maximum absolute atomic E-state index is 6.71. The van der Waals surface area contributed by atoms with Crippen LogP contribution in [-0.4, -0.2) is 6.04 Å². The Bertz CT molecular complexity index is 30.6. The number of hydrogen-bond acceptors (Lipinski definition) is 0. The first-order valence-corrected chi connectivity index (χ1v) is 1.61. The standard InChI is InChI=1S/C4H8N/c1-3-4(2)5/h3-5H,1H2,2H3. The zero-order valence-corrected chi connectivity index (χ0v) is 3.36. The molecule has 29 valence electrons. The average Bonchev–Trinajstić information content (AvgIpc) is 1.38. The van der Waals surface area contributed by atoms with Gasteiger partial charge in [0.25, 0.3) is 0 Å². The van der Waals surface area contributed by atoms with E-state index in [0.29, 0.717) is 0 Å². The fourth-order valence-electron chi connectivity index (χ4n) is 0. The topological polar surface area (TPSA) is 23.8 Å². The van der Waals surface area contributed by atoms with E-state index in [4.69, 9.17) is 5.73 Å². The van der Waals surface area contributed by atoms with Gasteiger partial charge in [-0.2, -0.15) is 0 Å². The Morgan fingerprint density at radius 2 is 2.20 bits per heavy atom. The Balaban J connectivity index is 2.83. The molecule has 0 saturated carbocycles. The summed E-state index contributed by atoms with van der Waals surface area (Å²) in [6.45, 7) is 5.14. The van der Waals surface area contributed by atoms with Crippen molar-refractivity contribution in [2.75, 3.05) is 0 Å². The first-order valence-electron chi connectivity index (χ1n) is 1.61. The predicted octanol–water partition coefficient (Wildman–Crippen LogP) is 0.844. The molecule has 1 atom stereocenters. The van der Waals surface area contributed by atoms with E-state index in [1.165, 1.54) is 0 Å². The molecule has 0 heterocycles. The van der Waals surface area contributed by atoms with Crippen LogP contribution in [0.2, 0.25) is 0 Å². The maximum Gasteiger partial charge on any atom is 0.0362 e. The lowest BCUT2D eigenvalue weighted by atomic mass is 10.4. The lowest BCUT2D eigenvalue weighted by Gasteiger charge is -1.83. The lowest BCUT2D eigenvalue weighted by Crippen LogP contribution is -1.92. The number of rotatable bonds is 1. The maximum atomic E-state index is 6.71. The zero-order chi connectivity index (χ0) is 4.28. The monoisotopic (exact) mass is 70.1 g/mol. The summed E-state index contributed by atoms with van der Waals surface area (Å²) in [6.07, 6.45) is 1.58. The Morgan fingerprint density at radius 1 is 2.00 bits per heavy atom. The van der Waals surface area contributed by atoms with Gasteiger partial charge >= 0.3 is 0 Å². The summed E-state index contributed by atoms with van der Waals surface area (Å²) in [4.78, 5) is 0. The molecule has 0 fully saturated rings. The van der Waals surface area contributed by atoms with Crippen molar-refractivity contribution in [3.63, 3.8) is 0 Å². The van der Waals surface area contributed by atoms with E-state index in [-0.39, 0.29) is 6.04 Å². The molecule has 0 aliphatic heterocycles. The summed E-state index contributed by atoms with van der Waals surface area (Å²) >= 11 is 0. The third kappa shape index (κ3) is 3.70. The van der Waals surface area contributed by atoms with Gasteiger partial charge in [0.05, 0.1) is 0 Å². The van der Waals surface area contributed by atoms with Crippen molar-refractivity contribution in [2.45, 2.75) is 13.0 Å². The van der Waals surface area contributed by atoms with Crippen LogP contribution in [0.15, 0.2) is 12.7 Å². The van der Waals surface area contributed by atoms with Gasteiger partial charge in [-0.15, -0.1) is 6.58 Å². The van der Waals surface area contributed by atoms with Crippen molar-refractivity contribution in [3.8, 4) is 0 Å². The fraction of sp³-hybridized carbons (Fsp3) is 0.500. The highest BCUT2D eigenvalue weighted by molar-refractivity contribution is 4.75. The molecule has 0 spiro atoms. The normalized spacial score (nSPS) is 14.0. The second-order valence-corrected chi connectivity index (χ2v) is 1.02. The summed E-state index contributed by atoms with van der Waals surface area (Å²) in [5, 5.41) is 0. The van der Waals surface area contributed by atoms with Crippen molar-refractivity contribution in [1.29, 1.82) is 0 Å². The molecule has 0 bridgehead atoms. The third-order valence-electron chi connectivity index (χ3n) is 0.354. The highest BCUT2D eigenvalue weighted by Crippen LogP contribution is 1.71. The van der Waals surface area contributed by atoms with E-state index in [1.54, 1.807) is 13.0 Å². The molecular formula is C4H8N. The molecular weight excluding hydrogens is 62.1 g/mol. The second-order valence-electron chi connectivity index (χ2n) is 1.02. The first kappa shape index (κ1) is 4.70. The summed E-state index contributed by atoms with van der Waals surface area (Å²) in [5.74, 6) is 0. The molecule has 0 aliphatic carbocycles. The van der Waals surface area contributed by atoms with Gasteiger partial charge in [0.2, 0.25) is 0 Å². The number of hydrogen-bond donors (Lipinski definition) is 0. The van der Waals surface area contributed by atoms with Crippen molar-refractivity contribution in [1.82, 2.24) is 5.73 Å². The molecule has 1 heteroatoms. The van der Waals surface area contributed by atoms with E-state index in [1.807, 2.05) is 0 Å². The smallest absolute Gasteiger partial charge is 0.0362 e. The van der Waals surface area contributed by atoms with Gasteiger partial charge in [-0.05, 0) is 6.92 Å². The Kier molecular flexibility index (Phi) is 1.85. The predicted molar refractivity (Wildman–Crippen MR) is 22.8 cm³/mol. The molecule has 1 nitrogen and oxygen atoms in total. The van der Waals surface area contributed by atoms with E-state index in [2.05, 4.69) is 6.58 Å². The van der Waals surface area contributed by atoms with Crippen LogP contribution in [-0.2, 0) is 0 Å². The molecule has 5 heavy (non-hydrogen) atoms. The van der Waals surface area contributed by atoms with Crippen LogP contribution in [0, 0.1) is 0 Å². The zero-order valence-electron chi connectivity index (χ0n) is 3.36. The molecule has 1 unspecified atom stereocenters. The van der Waals surface area contributed by atoms with Gasteiger partial charge in [0.1, 0.15) is 0 Å². The molecule has 0 aromatic heterocycles. The van der Waals surface area contributed by atoms with Gasteiger partial charge < -0.3 is 0 Å². The van der Waals surface area contributed by atoms with Crippen LogP contribution in [0.5, 0.6) is 0 Å². The van der Waals surface area contributed by atoms with Crippen LogP contribution >= 0.6 is 0 Å². The van der Waals surface area contributed by atoms with Crippen molar-refractivity contribution < 1.29 is 0 Å². The van der Waals surface area contributed by atoms with Gasteiger partial charge in [-0.25, -0.2) is 0 Å². The Morgan fingerprint density at radius 3 is 2.20 bits per heavy atom. The van der Waals surface area contributed by atoms with Crippen LogP contribution in [0.4, 0.5) is 0 Å². The van der Waals surface area contributed by atoms with E-state index in [9.17, 15) is 0 Å².